The normalized spacial score (nSPS) is 12.6. The Balaban J connectivity index is 1.58. The number of nitrogens with zero attached hydrogens (tertiary/aromatic N) is 4. The van der Waals surface area contributed by atoms with Gasteiger partial charge in [-0.05, 0) is 49.2 Å². The number of halogens is 1. The summed E-state index contributed by atoms with van der Waals surface area (Å²) in [5.41, 5.74) is 3.81. The Morgan fingerprint density at radius 2 is 1.97 bits per heavy atom. The monoisotopic (exact) mass is 468 g/mol. The average Bonchev–Trinajstić information content (AvgIpc) is 3.38. The van der Waals surface area contributed by atoms with E-state index in [1.54, 1.807) is 9.25 Å². The quantitative estimate of drug-likeness (QED) is 0.303. The van der Waals surface area contributed by atoms with Crippen molar-refractivity contribution in [1.82, 2.24) is 19.3 Å². The molecule has 0 N–H and O–H groups in total. The van der Waals surface area contributed by atoms with Gasteiger partial charge in [-0.3, -0.25) is 14.0 Å². The van der Waals surface area contributed by atoms with Gasteiger partial charge < -0.3 is 9.47 Å². The van der Waals surface area contributed by atoms with Crippen LogP contribution < -0.4 is 15.0 Å². The fourth-order valence-corrected chi connectivity index (χ4v) is 4.91. The van der Waals surface area contributed by atoms with E-state index < -0.39 is 0 Å². The lowest BCUT2D eigenvalue weighted by molar-refractivity contribution is 0.174. The first-order chi connectivity index (χ1) is 15.5. The molecule has 1 aliphatic rings. The minimum Gasteiger partial charge on any atom is -0.454 e. The Bertz CT molecular complexity index is 1380. The van der Waals surface area contributed by atoms with Gasteiger partial charge in [0.2, 0.25) is 6.79 Å². The first kappa shape index (κ1) is 20.9. The van der Waals surface area contributed by atoms with Crippen molar-refractivity contribution in [2.45, 2.75) is 37.8 Å². The maximum Gasteiger partial charge on any atom is 0.280 e. The maximum absolute atomic E-state index is 13.6. The van der Waals surface area contributed by atoms with E-state index in [0.717, 1.165) is 16.8 Å². The summed E-state index contributed by atoms with van der Waals surface area (Å²) in [5.74, 6) is 2.04. The molecule has 164 valence electrons. The summed E-state index contributed by atoms with van der Waals surface area (Å²) < 4.78 is 14.4. The Labute approximate surface area is 193 Å². The highest BCUT2D eigenvalue weighted by Gasteiger charge is 2.20. The highest BCUT2D eigenvalue weighted by atomic mass is 35.5. The lowest BCUT2D eigenvalue weighted by Gasteiger charge is -2.13. The number of ether oxygens (including phenoxy) is 2. The Kier molecular flexibility index (Phi) is 5.57. The average molecular weight is 469 g/mol. The number of aromatic nitrogens is 4. The van der Waals surface area contributed by atoms with Crippen molar-refractivity contribution in [1.29, 1.82) is 0 Å². The summed E-state index contributed by atoms with van der Waals surface area (Å²) in [6.45, 7) is 5.02. The molecule has 32 heavy (non-hydrogen) atoms. The third-order valence-electron chi connectivity index (χ3n) is 5.32. The molecule has 0 saturated carbocycles. The van der Waals surface area contributed by atoms with Crippen LogP contribution >= 0.6 is 23.4 Å². The SMILES string of the molecule is CCn1nc(C)c2nc(SCc3cccc(Cl)c3)n(Cc3ccc4c(c3)OCO4)c(=O)c21. The molecular weight excluding hydrogens is 448 g/mol. The van der Waals surface area contributed by atoms with Crippen LogP contribution in [-0.4, -0.2) is 26.1 Å². The minimum atomic E-state index is -0.108. The molecule has 5 rings (SSSR count). The van der Waals surface area contributed by atoms with Gasteiger partial charge in [-0.1, -0.05) is 41.6 Å². The molecule has 0 unspecified atom stereocenters. The highest BCUT2D eigenvalue weighted by molar-refractivity contribution is 7.98. The molecule has 0 saturated heterocycles. The molecule has 0 fully saturated rings. The van der Waals surface area contributed by atoms with Crippen LogP contribution in [-0.2, 0) is 18.8 Å². The first-order valence-corrected chi connectivity index (χ1v) is 11.6. The van der Waals surface area contributed by atoms with Gasteiger partial charge in [-0.25, -0.2) is 4.98 Å². The van der Waals surface area contributed by atoms with Crippen LogP contribution in [0.3, 0.4) is 0 Å². The Hall–Kier alpha value is -2.97. The van der Waals surface area contributed by atoms with Gasteiger partial charge in [0, 0.05) is 17.3 Å². The predicted octanol–water partition coefficient (Wildman–Crippen LogP) is 4.64. The van der Waals surface area contributed by atoms with Crippen molar-refractivity contribution in [2.75, 3.05) is 6.79 Å². The molecule has 1 aliphatic heterocycles. The summed E-state index contributed by atoms with van der Waals surface area (Å²) in [6.07, 6.45) is 0. The molecule has 0 spiro atoms. The number of hydrogen-bond donors (Lipinski definition) is 0. The van der Waals surface area contributed by atoms with Crippen molar-refractivity contribution in [3.8, 4) is 11.5 Å². The van der Waals surface area contributed by atoms with E-state index in [-0.39, 0.29) is 12.4 Å². The zero-order valence-electron chi connectivity index (χ0n) is 17.7. The molecule has 0 radical (unpaired) electrons. The molecule has 0 amide bonds. The van der Waals surface area contributed by atoms with Crippen LogP contribution in [0, 0.1) is 6.92 Å². The number of rotatable bonds is 6. The molecule has 2 aromatic carbocycles. The molecule has 0 bridgehead atoms. The highest BCUT2D eigenvalue weighted by Crippen LogP contribution is 2.33. The fourth-order valence-electron chi connectivity index (χ4n) is 3.76. The van der Waals surface area contributed by atoms with Gasteiger partial charge in [-0.2, -0.15) is 5.10 Å². The van der Waals surface area contributed by atoms with Crippen LogP contribution in [0.15, 0.2) is 52.4 Å². The second-order valence-electron chi connectivity index (χ2n) is 7.49. The van der Waals surface area contributed by atoms with Crippen molar-refractivity contribution < 1.29 is 9.47 Å². The molecule has 0 aliphatic carbocycles. The smallest absolute Gasteiger partial charge is 0.280 e. The third-order valence-corrected chi connectivity index (χ3v) is 6.60. The number of benzene rings is 2. The Morgan fingerprint density at radius 1 is 1.12 bits per heavy atom. The van der Waals surface area contributed by atoms with Crippen molar-refractivity contribution in [3.63, 3.8) is 0 Å². The molecular formula is C23H21ClN4O3S. The first-order valence-electron chi connectivity index (χ1n) is 10.3. The standard InChI is InChI=1S/C23H21ClN4O3S/c1-3-28-21-20(14(2)26-28)25-23(32-12-16-5-4-6-17(24)9-16)27(22(21)29)11-15-7-8-18-19(10-15)31-13-30-18/h4-10H,3,11-13H2,1-2H3. The number of hydrogen-bond acceptors (Lipinski definition) is 6. The van der Waals surface area contributed by atoms with E-state index in [4.69, 9.17) is 26.1 Å². The molecule has 9 heteroatoms. The fraction of sp³-hybridized carbons (Fsp3) is 0.261. The van der Waals surface area contributed by atoms with E-state index in [1.165, 1.54) is 11.8 Å². The van der Waals surface area contributed by atoms with Gasteiger partial charge in [0.1, 0.15) is 5.52 Å². The van der Waals surface area contributed by atoms with Crippen LogP contribution in [0.4, 0.5) is 0 Å². The largest absolute Gasteiger partial charge is 0.454 e. The van der Waals surface area contributed by atoms with Crippen LogP contribution in [0.5, 0.6) is 11.5 Å². The lowest BCUT2D eigenvalue weighted by Crippen LogP contribution is -2.25. The van der Waals surface area contributed by atoms with E-state index in [1.807, 2.05) is 56.3 Å². The minimum absolute atomic E-state index is 0.108. The molecule has 0 atom stereocenters. The molecule has 4 aromatic rings. The van der Waals surface area contributed by atoms with E-state index in [0.29, 0.717) is 51.6 Å². The van der Waals surface area contributed by atoms with Crippen molar-refractivity contribution in [3.05, 3.63) is 74.7 Å². The van der Waals surface area contributed by atoms with E-state index >= 15 is 0 Å². The number of fused-ring (bicyclic) bond motifs is 2. The Morgan fingerprint density at radius 3 is 2.78 bits per heavy atom. The van der Waals surface area contributed by atoms with Crippen molar-refractivity contribution in [2.24, 2.45) is 0 Å². The van der Waals surface area contributed by atoms with Crippen LogP contribution in [0.1, 0.15) is 23.7 Å². The van der Waals surface area contributed by atoms with Crippen LogP contribution in [0.2, 0.25) is 5.02 Å². The number of thioether (sulfide) groups is 1. The summed E-state index contributed by atoms with van der Waals surface area (Å²) in [6, 6.07) is 13.4. The maximum atomic E-state index is 13.6. The third kappa shape index (κ3) is 3.84. The molecule has 2 aromatic heterocycles. The molecule has 7 nitrogen and oxygen atoms in total. The molecule has 3 heterocycles. The summed E-state index contributed by atoms with van der Waals surface area (Å²) in [7, 11) is 0. The predicted molar refractivity (Wildman–Crippen MR) is 125 cm³/mol. The van der Waals surface area contributed by atoms with Gasteiger partial charge in [0.05, 0.1) is 12.2 Å². The topological polar surface area (TPSA) is 71.2 Å². The van der Waals surface area contributed by atoms with E-state index in [2.05, 4.69) is 5.10 Å². The summed E-state index contributed by atoms with van der Waals surface area (Å²) in [5, 5.41) is 5.84. The zero-order chi connectivity index (χ0) is 22.2. The second kappa shape index (κ2) is 8.52. The van der Waals surface area contributed by atoms with Gasteiger partial charge >= 0.3 is 0 Å². The lowest BCUT2D eigenvalue weighted by atomic mass is 10.2. The van der Waals surface area contributed by atoms with Gasteiger partial charge in [-0.15, -0.1) is 0 Å². The van der Waals surface area contributed by atoms with Crippen molar-refractivity contribution >= 4 is 34.4 Å². The summed E-state index contributed by atoms with van der Waals surface area (Å²) >= 11 is 7.65. The van der Waals surface area contributed by atoms with Crippen LogP contribution in [0.25, 0.3) is 11.0 Å². The zero-order valence-corrected chi connectivity index (χ0v) is 19.2. The number of aryl methyl sites for hydroxylation is 2. The second-order valence-corrected chi connectivity index (χ2v) is 8.87. The van der Waals surface area contributed by atoms with Gasteiger partial charge in [0.15, 0.2) is 22.2 Å². The van der Waals surface area contributed by atoms with Gasteiger partial charge in [0.25, 0.3) is 5.56 Å². The summed E-state index contributed by atoms with van der Waals surface area (Å²) in [4.78, 5) is 18.5. The van der Waals surface area contributed by atoms with E-state index in [9.17, 15) is 4.79 Å².